The minimum atomic E-state index is -0.192. The molecule has 1 aliphatic heterocycles. The van der Waals surface area contributed by atoms with E-state index in [4.69, 9.17) is 0 Å². The van der Waals surface area contributed by atoms with Gasteiger partial charge in [-0.2, -0.15) is 0 Å². The van der Waals surface area contributed by atoms with Gasteiger partial charge in [0.2, 0.25) is 0 Å². The van der Waals surface area contributed by atoms with Crippen molar-refractivity contribution in [2.45, 2.75) is 58.7 Å². The Morgan fingerprint density at radius 1 is 1.33 bits per heavy atom. The number of hydrogen-bond donors (Lipinski definition) is 2. The first-order chi connectivity index (χ1) is 8.40. The molecule has 4 unspecified atom stereocenters. The lowest BCUT2D eigenvalue weighted by Gasteiger charge is -2.42. The lowest BCUT2D eigenvalue weighted by atomic mass is 9.69. The van der Waals surface area contributed by atoms with Crippen LogP contribution in [0.1, 0.15) is 46.5 Å². The van der Waals surface area contributed by atoms with Crippen LogP contribution in [0.4, 0.5) is 0 Å². The molecule has 1 heterocycles. The summed E-state index contributed by atoms with van der Waals surface area (Å²) in [4.78, 5) is 2.44. The predicted molar refractivity (Wildman–Crippen MR) is 73.4 cm³/mol. The summed E-state index contributed by atoms with van der Waals surface area (Å²) in [6.45, 7) is 9.36. The van der Waals surface area contributed by atoms with Crippen molar-refractivity contribution in [2.75, 3.05) is 19.6 Å². The lowest BCUT2D eigenvalue weighted by Crippen LogP contribution is -2.44. The van der Waals surface area contributed by atoms with Crippen molar-refractivity contribution in [3.63, 3.8) is 0 Å². The van der Waals surface area contributed by atoms with Gasteiger partial charge in [-0.15, -0.1) is 0 Å². The molecular weight excluding hydrogens is 226 g/mol. The molecule has 18 heavy (non-hydrogen) atoms. The van der Waals surface area contributed by atoms with Crippen LogP contribution in [0.3, 0.4) is 0 Å². The monoisotopic (exact) mass is 255 g/mol. The summed E-state index contributed by atoms with van der Waals surface area (Å²) in [5, 5.41) is 20.1. The Labute approximate surface area is 111 Å². The van der Waals surface area contributed by atoms with Crippen molar-refractivity contribution in [1.82, 2.24) is 4.90 Å². The molecule has 0 aromatic heterocycles. The third-order valence-electron chi connectivity index (χ3n) is 5.13. The van der Waals surface area contributed by atoms with Gasteiger partial charge in [0, 0.05) is 13.1 Å². The maximum absolute atomic E-state index is 10.5. The third kappa shape index (κ3) is 3.06. The zero-order valence-corrected chi connectivity index (χ0v) is 12.1. The Bertz CT molecular complexity index is 278. The molecule has 2 N–H and O–H groups in total. The number of nitrogens with zero attached hydrogens (tertiary/aromatic N) is 1. The molecule has 0 spiro atoms. The fraction of sp³-hybridized carbons (Fsp3) is 1.00. The van der Waals surface area contributed by atoms with E-state index < -0.39 is 0 Å². The van der Waals surface area contributed by atoms with Crippen LogP contribution in [0.15, 0.2) is 0 Å². The summed E-state index contributed by atoms with van der Waals surface area (Å²) in [5.41, 5.74) is 0.0757. The number of aliphatic hydroxyl groups is 2. The first-order valence-corrected chi connectivity index (χ1v) is 7.48. The Morgan fingerprint density at radius 3 is 2.67 bits per heavy atom. The number of hydrogen-bond acceptors (Lipinski definition) is 3. The molecule has 0 amide bonds. The van der Waals surface area contributed by atoms with Gasteiger partial charge in [0.05, 0.1) is 12.2 Å². The highest BCUT2D eigenvalue weighted by Gasteiger charge is 2.39. The second-order valence-electron chi connectivity index (χ2n) is 7.13. The SMILES string of the molecule is CC(O)C1CCN(CC2CCCC(C)(C)C2O)C1. The van der Waals surface area contributed by atoms with E-state index in [2.05, 4.69) is 18.7 Å². The second-order valence-corrected chi connectivity index (χ2v) is 7.13. The molecule has 3 nitrogen and oxygen atoms in total. The molecule has 2 rings (SSSR count). The topological polar surface area (TPSA) is 43.7 Å². The van der Waals surface area contributed by atoms with Gasteiger partial charge in [-0.1, -0.05) is 20.3 Å². The number of rotatable bonds is 3. The molecule has 1 saturated heterocycles. The molecule has 0 aromatic rings. The molecule has 1 aliphatic carbocycles. The summed E-state index contributed by atoms with van der Waals surface area (Å²) in [6.07, 6.45) is 4.27. The summed E-state index contributed by atoms with van der Waals surface area (Å²) in [6, 6.07) is 0. The van der Waals surface area contributed by atoms with E-state index in [9.17, 15) is 10.2 Å². The van der Waals surface area contributed by atoms with Crippen LogP contribution in [-0.4, -0.2) is 47.0 Å². The molecular formula is C15H29NO2. The van der Waals surface area contributed by atoms with Crippen molar-refractivity contribution < 1.29 is 10.2 Å². The van der Waals surface area contributed by atoms with Gasteiger partial charge in [-0.3, -0.25) is 0 Å². The van der Waals surface area contributed by atoms with Crippen LogP contribution in [-0.2, 0) is 0 Å². The van der Waals surface area contributed by atoms with Crippen LogP contribution in [0.5, 0.6) is 0 Å². The summed E-state index contributed by atoms with van der Waals surface area (Å²) in [5.74, 6) is 0.847. The van der Waals surface area contributed by atoms with E-state index in [0.29, 0.717) is 11.8 Å². The van der Waals surface area contributed by atoms with E-state index >= 15 is 0 Å². The Balaban J connectivity index is 1.86. The maximum Gasteiger partial charge on any atom is 0.0631 e. The van der Waals surface area contributed by atoms with Crippen molar-refractivity contribution in [1.29, 1.82) is 0 Å². The highest BCUT2D eigenvalue weighted by molar-refractivity contribution is 4.90. The van der Waals surface area contributed by atoms with Gasteiger partial charge in [0.25, 0.3) is 0 Å². The largest absolute Gasteiger partial charge is 0.393 e. The molecule has 2 fully saturated rings. The fourth-order valence-corrected chi connectivity index (χ4v) is 3.71. The lowest BCUT2D eigenvalue weighted by molar-refractivity contribution is -0.0417. The van der Waals surface area contributed by atoms with Crippen LogP contribution in [0.2, 0.25) is 0 Å². The molecule has 0 aromatic carbocycles. The molecule has 2 aliphatic rings. The van der Waals surface area contributed by atoms with Gasteiger partial charge < -0.3 is 15.1 Å². The van der Waals surface area contributed by atoms with Gasteiger partial charge in [0.15, 0.2) is 0 Å². The van der Waals surface area contributed by atoms with Crippen LogP contribution < -0.4 is 0 Å². The average Bonchev–Trinajstić information content (AvgIpc) is 2.73. The van der Waals surface area contributed by atoms with Gasteiger partial charge in [0.1, 0.15) is 0 Å². The van der Waals surface area contributed by atoms with Gasteiger partial charge >= 0.3 is 0 Å². The van der Waals surface area contributed by atoms with Gasteiger partial charge in [-0.25, -0.2) is 0 Å². The number of likely N-dealkylation sites (tertiary alicyclic amines) is 1. The Morgan fingerprint density at radius 2 is 2.06 bits per heavy atom. The van der Waals surface area contributed by atoms with Crippen molar-refractivity contribution in [3.8, 4) is 0 Å². The van der Waals surface area contributed by atoms with Gasteiger partial charge in [-0.05, 0) is 50.0 Å². The number of aliphatic hydroxyl groups excluding tert-OH is 2. The van der Waals surface area contributed by atoms with Crippen LogP contribution in [0.25, 0.3) is 0 Å². The molecule has 0 bridgehead atoms. The van der Waals surface area contributed by atoms with E-state index in [1.807, 2.05) is 6.92 Å². The minimum absolute atomic E-state index is 0.0757. The van der Waals surface area contributed by atoms with Crippen LogP contribution >= 0.6 is 0 Å². The predicted octanol–water partition coefficient (Wildman–Crippen LogP) is 1.88. The zero-order chi connectivity index (χ0) is 13.3. The molecule has 0 radical (unpaired) electrons. The normalized spacial score (nSPS) is 38.8. The van der Waals surface area contributed by atoms with Crippen molar-refractivity contribution >= 4 is 0 Å². The van der Waals surface area contributed by atoms with E-state index in [0.717, 1.165) is 38.9 Å². The Kier molecular flexibility index (Phi) is 4.35. The minimum Gasteiger partial charge on any atom is -0.393 e. The third-order valence-corrected chi connectivity index (χ3v) is 5.13. The van der Waals surface area contributed by atoms with E-state index in [-0.39, 0.29) is 17.6 Å². The molecule has 106 valence electrons. The quantitative estimate of drug-likeness (QED) is 0.809. The second kappa shape index (κ2) is 5.48. The Hall–Kier alpha value is -0.120. The summed E-state index contributed by atoms with van der Waals surface area (Å²) >= 11 is 0. The van der Waals surface area contributed by atoms with E-state index in [1.165, 1.54) is 6.42 Å². The van der Waals surface area contributed by atoms with Crippen molar-refractivity contribution in [3.05, 3.63) is 0 Å². The first kappa shape index (κ1) is 14.3. The average molecular weight is 255 g/mol. The van der Waals surface area contributed by atoms with E-state index in [1.54, 1.807) is 0 Å². The van der Waals surface area contributed by atoms with Crippen molar-refractivity contribution in [2.24, 2.45) is 17.3 Å². The van der Waals surface area contributed by atoms with Crippen LogP contribution in [0, 0.1) is 17.3 Å². The standard InChI is InChI=1S/C15H29NO2/c1-11(17)12-6-8-16(9-12)10-13-5-4-7-15(2,3)14(13)18/h11-14,17-18H,4-10H2,1-3H3. The highest BCUT2D eigenvalue weighted by Crippen LogP contribution is 2.39. The smallest absolute Gasteiger partial charge is 0.0631 e. The summed E-state index contributed by atoms with van der Waals surface area (Å²) < 4.78 is 0. The summed E-state index contributed by atoms with van der Waals surface area (Å²) in [7, 11) is 0. The maximum atomic E-state index is 10.5. The highest BCUT2D eigenvalue weighted by atomic mass is 16.3. The molecule has 4 atom stereocenters. The first-order valence-electron chi connectivity index (χ1n) is 7.48. The zero-order valence-electron chi connectivity index (χ0n) is 12.1. The molecule has 1 saturated carbocycles. The fourth-order valence-electron chi connectivity index (χ4n) is 3.71. The molecule has 3 heteroatoms.